The number of para-hydroxylation sites is 3. The van der Waals surface area contributed by atoms with E-state index in [2.05, 4.69) is 150 Å². The van der Waals surface area contributed by atoms with E-state index in [0.29, 0.717) is 11.1 Å². The van der Waals surface area contributed by atoms with E-state index in [0.717, 1.165) is 44.3 Å². The zero-order valence-corrected chi connectivity index (χ0v) is 27.6. The van der Waals surface area contributed by atoms with E-state index in [1.165, 1.54) is 27.9 Å². The normalized spacial score (nSPS) is 12.2. The molecule has 0 spiro atoms. The van der Waals surface area contributed by atoms with Gasteiger partial charge in [-0.05, 0) is 75.4 Å². The van der Waals surface area contributed by atoms with Crippen molar-refractivity contribution < 1.29 is 4.42 Å². The predicted octanol–water partition coefficient (Wildman–Crippen LogP) is 11.7. The second-order valence-corrected chi connectivity index (χ2v) is 13.9. The summed E-state index contributed by atoms with van der Waals surface area (Å²) < 4.78 is 9.09. The number of hydrogen-bond donors (Lipinski definition) is 0. The summed E-state index contributed by atoms with van der Waals surface area (Å²) in [5, 5.41) is 12.3. The average Bonchev–Trinajstić information content (AvgIpc) is 3.62. The number of furan rings is 1. The molecule has 0 aliphatic rings. The number of imidazole rings is 1. The van der Waals surface area contributed by atoms with Gasteiger partial charge in [0.25, 0.3) is 0 Å². The molecule has 0 aliphatic heterocycles. The monoisotopic (exact) mass is 601 g/mol. The molecule has 0 saturated carbocycles. The molecule has 7 aromatic rings. The van der Waals surface area contributed by atoms with Crippen LogP contribution in [0, 0.1) is 11.3 Å². The fourth-order valence-corrected chi connectivity index (χ4v) is 6.82. The molecule has 2 heterocycles. The van der Waals surface area contributed by atoms with Gasteiger partial charge in [0.15, 0.2) is 5.58 Å². The number of benzene rings is 5. The zero-order chi connectivity index (χ0) is 32.3. The third kappa shape index (κ3) is 4.70. The summed E-state index contributed by atoms with van der Waals surface area (Å²) >= 11 is 0. The predicted molar refractivity (Wildman–Crippen MR) is 191 cm³/mol. The van der Waals surface area contributed by atoms with Gasteiger partial charge in [0.2, 0.25) is 0 Å². The van der Waals surface area contributed by atoms with Crippen LogP contribution < -0.4 is 0 Å². The average molecular weight is 602 g/mol. The second kappa shape index (κ2) is 11.0. The molecule has 4 heteroatoms. The highest BCUT2D eigenvalue weighted by molar-refractivity contribution is 6.11. The Balaban J connectivity index is 1.58. The van der Waals surface area contributed by atoms with Crippen molar-refractivity contribution in [1.82, 2.24) is 9.55 Å². The van der Waals surface area contributed by atoms with Crippen LogP contribution in [0.4, 0.5) is 0 Å². The van der Waals surface area contributed by atoms with Gasteiger partial charge in [-0.1, -0.05) is 115 Å². The minimum Gasteiger partial charge on any atom is -0.454 e. The van der Waals surface area contributed by atoms with Crippen molar-refractivity contribution in [3.8, 4) is 34.3 Å². The van der Waals surface area contributed by atoms with E-state index in [1.54, 1.807) is 0 Å². The first-order chi connectivity index (χ1) is 22.1. The smallest absolute Gasteiger partial charge is 0.153 e. The number of fused-ring (bicyclic) bond motifs is 4. The highest BCUT2D eigenvalue weighted by atomic mass is 16.3. The lowest BCUT2D eigenvalue weighted by molar-refractivity contribution is 0.585. The van der Waals surface area contributed by atoms with Crippen molar-refractivity contribution in [2.75, 3.05) is 0 Å². The Hall–Kier alpha value is -5.14. The molecule has 4 nitrogen and oxygen atoms in total. The molecule has 0 saturated heterocycles. The summed E-state index contributed by atoms with van der Waals surface area (Å²) in [6.45, 7) is 15.5. The van der Waals surface area contributed by atoms with Gasteiger partial charge in [0.05, 0.1) is 27.8 Å². The van der Waals surface area contributed by atoms with Crippen LogP contribution >= 0.6 is 0 Å². The van der Waals surface area contributed by atoms with E-state index < -0.39 is 0 Å². The first-order valence-electron chi connectivity index (χ1n) is 16.2. The maximum Gasteiger partial charge on any atom is 0.153 e. The van der Waals surface area contributed by atoms with E-state index in [-0.39, 0.29) is 17.3 Å². The van der Waals surface area contributed by atoms with Gasteiger partial charge in [-0.2, -0.15) is 5.26 Å². The molecule has 46 heavy (non-hydrogen) atoms. The van der Waals surface area contributed by atoms with Crippen LogP contribution in [0.1, 0.15) is 82.6 Å². The van der Waals surface area contributed by atoms with E-state index in [9.17, 15) is 5.26 Å². The van der Waals surface area contributed by atoms with Crippen molar-refractivity contribution in [3.63, 3.8) is 0 Å². The highest BCUT2D eigenvalue weighted by Crippen LogP contribution is 2.43. The zero-order valence-electron chi connectivity index (χ0n) is 27.6. The molecular weight excluding hydrogens is 562 g/mol. The van der Waals surface area contributed by atoms with Crippen LogP contribution in [0.5, 0.6) is 0 Å². The molecule has 0 radical (unpaired) electrons. The van der Waals surface area contributed by atoms with E-state index in [1.807, 2.05) is 6.07 Å². The van der Waals surface area contributed by atoms with Crippen LogP contribution in [0.25, 0.3) is 61.2 Å². The molecule has 0 N–H and O–H groups in total. The van der Waals surface area contributed by atoms with Gasteiger partial charge in [-0.25, -0.2) is 4.98 Å². The van der Waals surface area contributed by atoms with Crippen molar-refractivity contribution in [2.45, 2.75) is 65.7 Å². The molecule has 0 fully saturated rings. The first kappa shape index (κ1) is 29.6. The standard InChI is InChI=1S/C42H39N3O/c1-25(2)32-22-28(27-14-9-8-10-15-27)23-33(26(3)4)38(32)45-37-19-12-11-18-36(37)44-41(45)31-17-13-16-29-30-20-21-35(42(5,6)7)34(24-43)40(30)46-39(29)31/h8-23,25-26H,1-7H3. The minimum absolute atomic E-state index is 0.193. The molecule has 2 aromatic heterocycles. The van der Waals surface area contributed by atoms with Crippen LogP contribution in [0.3, 0.4) is 0 Å². The Labute approximate surface area is 270 Å². The van der Waals surface area contributed by atoms with Crippen molar-refractivity contribution >= 4 is 33.0 Å². The topological polar surface area (TPSA) is 54.8 Å². The summed E-state index contributed by atoms with van der Waals surface area (Å²) in [7, 11) is 0. The number of hydrogen-bond acceptors (Lipinski definition) is 3. The number of nitrogens with zero attached hydrogens (tertiary/aromatic N) is 3. The van der Waals surface area contributed by atoms with Gasteiger partial charge >= 0.3 is 0 Å². The quantitative estimate of drug-likeness (QED) is 0.197. The number of rotatable bonds is 5. The largest absolute Gasteiger partial charge is 0.454 e. The van der Waals surface area contributed by atoms with Crippen LogP contribution in [0.15, 0.2) is 101 Å². The highest BCUT2D eigenvalue weighted by Gasteiger charge is 2.27. The minimum atomic E-state index is -0.193. The van der Waals surface area contributed by atoms with E-state index >= 15 is 0 Å². The first-order valence-corrected chi connectivity index (χ1v) is 16.2. The third-order valence-electron chi connectivity index (χ3n) is 9.13. The molecule has 5 aromatic carbocycles. The second-order valence-electron chi connectivity index (χ2n) is 13.9. The molecule has 0 bridgehead atoms. The maximum absolute atomic E-state index is 10.3. The lowest BCUT2D eigenvalue weighted by Gasteiger charge is -2.24. The molecule has 0 unspecified atom stereocenters. The van der Waals surface area contributed by atoms with Gasteiger partial charge in [-0.15, -0.1) is 0 Å². The summed E-state index contributed by atoms with van der Waals surface area (Å²) in [5.74, 6) is 1.36. The molecule has 7 rings (SSSR count). The molecule has 0 amide bonds. The van der Waals surface area contributed by atoms with Crippen molar-refractivity contribution in [2.24, 2.45) is 0 Å². The fraction of sp³-hybridized carbons (Fsp3) is 0.238. The molecular formula is C42H39N3O. The number of nitriles is 1. The Morgan fingerprint density at radius 2 is 1.37 bits per heavy atom. The Morgan fingerprint density at radius 3 is 2.02 bits per heavy atom. The SMILES string of the molecule is CC(C)c1cc(-c2ccccc2)cc(C(C)C)c1-n1c(-c2cccc3c2oc2c(C#N)c(C(C)(C)C)ccc23)nc2ccccc21. The van der Waals surface area contributed by atoms with Crippen LogP contribution in [0.2, 0.25) is 0 Å². The molecule has 0 atom stereocenters. The summed E-state index contributed by atoms with van der Waals surface area (Å²) in [6, 6.07) is 36.6. The van der Waals surface area contributed by atoms with Crippen LogP contribution in [-0.4, -0.2) is 9.55 Å². The fourth-order valence-electron chi connectivity index (χ4n) is 6.82. The molecule has 0 aliphatic carbocycles. The van der Waals surface area contributed by atoms with E-state index in [4.69, 9.17) is 9.40 Å². The van der Waals surface area contributed by atoms with Crippen LogP contribution in [-0.2, 0) is 5.41 Å². The maximum atomic E-state index is 10.3. The lowest BCUT2D eigenvalue weighted by Crippen LogP contribution is -2.13. The lowest BCUT2D eigenvalue weighted by atomic mass is 9.83. The number of aromatic nitrogens is 2. The third-order valence-corrected chi connectivity index (χ3v) is 9.13. The summed E-state index contributed by atoms with van der Waals surface area (Å²) in [5.41, 5.74) is 11.8. The van der Waals surface area contributed by atoms with Gasteiger partial charge in [0, 0.05) is 10.8 Å². The Kier molecular flexibility index (Phi) is 7.09. The summed E-state index contributed by atoms with van der Waals surface area (Å²) in [4.78, 5) is 5.30. The van der Waals surface area contributed by atoms with Crippen molar-refractivity contribution in [1.29, 1.82) is 5.26 Å². The summed E-state index contributed by atoms with van der Waals surface area (Å²) in [6.07, 6.45) is 0. The van der Waals surface area contributed by atoms with Gasteiger partial charge in [-0.3, -0.25) is 4.57 Å². The van der Waals surface area contributed by atoms with Gasteiger partial charge < -0.3 is 4.42 Å². The van der Waals surface area contributed by atoms with Crippen molar-refractivity contribution in [3.05, 3.63) is 119 Å². The molecule has 228 valence electrons. The van der Waals surface area contributed by atoms with Gasteiger partial charge in [0.1, 0.15) is 17.5 Å². The Morgan fingerprint density at radius 1 is 0.717 bits per heavy atom. The Bertz CT molecular complexity index is 2270.